The van der Waals surface area contributed by atoms with Crippen LogP contribution in [0.2, 0.25) is 0 Å². The van der Waals surface area contributed by atoms with Crippen molar-refractivity contribution in [2.45, 2.75) is 32.8 Å². The second-order valence-electron chi connectivity index (χ2n) is 3.01. The molecule has 66 valence electrons. The highest BCUT2D eigenvalue weighted by molar-refractivity contribution is 4.98. The van der Waals surface area contributed by atoms with Gasteiger partial charge in [0, 0.05) is 5.92 Å². The Kier molecular flexibility index (Phi) is 5.16. The Morgan fingerprint density at radius 3 is 2.45 bits per heavy atom. The van der Waals surface area contributed by atoms with Gasteiger partial charge in [-0.15, -0.1) is 0 Å². The third-order valence-corrected chi connectivity index (χ3v) is 2.00. The minimum Gasteiger partial charge on any atom is -0.392 e. The molecule has 0 aromatic rings. The summed E-state index contributed by atoms with van der Waals surface area (Å²) in [4.78, 5) is 0. The molecule has 0 aromatic heterocycles. The largest absolute Gasteiger partial charge is 0.392 e. The molecule has 2 heteroatoms. The Morgan fingerprint density at radius 2 is 2.18 bits per heavy atom. The lowest BCUT2D eigenvalue weighted by atomic mass is 9.91. The van der Waals surface area contributed by atoms with Crippen LogP contribution in [0.5, 0.6) is 0 Å². The highest BCUT2D eigenvalue weighted by Gasteiger charge is 2.16. The first-order chi connectivity index (χ1) is 5.13. The molecule has 3 N–H and O–H groups in total. The van der Waals surface area contributed by atoms with E-state index in [4.69, 9.17) is 5.73 Å². The van der Waals surface area contributed by atoms with Crippen molar-refractivity contribution in [3.8, 4) is 0 Å². The van der Waals surface area contributed by atoms with Gasteiger partial charge in [-0.3, -0.25) is 0 Å². The maximum absolute atomic E-state index is 9.54. The summed E-state index contributed by atoms with van der Waals surface area (Å²) in [7, 11) is 0. The fourth-order valence-corrected chi connectivity index (χ4v) is 1.32. The quantitative estimate of drug-likeness (QED) is 0.591. The molecule has 0 aliphatic carbocycles. The molecule has 0 radical (unpaired) electrons. The first-order valence-electron chi connectivity index (χ1n) is 4.17. The lowest BCUT2D eigenvalue weighted by molar-refractivity contribution is 0.116. The Bertz CT molecular complexity index is 123. The van der Waals surface area contributed by atoms with Crippen molar-refractivity contribution < 1.29 is 5.11 Å². The van der Waals surface area contributed by atoms with Gasteiger partial charge in [-0.05, 0) is 26.3 Å². The first-order valence-corrected chi connectivity index (χ1v) is 4.17. The fourth-order valence-electron chi connectivity index (χ4n) is 1.32. The zero-order valence-corrected chi connectivity index (χ0v) is 7.51. The van der Waals surface area contributed by atoms with Crippen LogP contribution >= 0.6 is 0 Å². The standard InChI is InChI=1S/C9H19NO/c1-4-8(7(2)3)9(11)5-6-10/h8-9,11H,2,4-6,10H2,1,3H3/t8-,9-/m1/s1. The third-order valence-electron chi connectivity index (χ3n) is 2.00. The monoisotopic (exact) mass is 157 g/mol. The van der Waals surface area contributed by atoms with E-state index in [0.717, 1.165) is 12.0 Å². The maximum Gasteiger partial charge on any atom is 0.0617 e. The number of aliphatic hydroxyl groups is 1. The SMILES string of the molecule is C=C(C)[C@@H](CC)[C@H](O)CCN. The molecule has 0 aliphatic heterocycles. The molecule has 2 nitrogen and oxygen atoms in total. The predicted octanol–water partition coefficient (Wildman–Crippen LogP) is 1.30. The predicted molar refractivity (Wildman–Crippen MR) is 48.3 cm³/mol. The Balaban J connectivity index is 3.91. The third kappa shape index (κ3) is 3.54. The summed E-state index contributed by atoms with van der Waals surface area (Å²) < 4.78 is 0. The molecule has 0 aliphatic rings. The normalized spacial score (nSPS) is 16.0. The van der Waals surface area contributed by atoms with Crippen LogP contribution < -0.4 is 5.73 Å². The van der Waals surface area contributed by atoms with Crippen molar-refractivity contribution in [1.29, 1.82) is 0 Å². The second kappa shape index (κ2) is 5.33. The Morgan fingerprint density at radius 1 is 1.64 bits per heavy atom. The molecular formula is C9H19NO. The van der Waals surface area contributed by atoms with E-state index in [0.29, 0.717) is 13.0 Å². The number of nitrogens with two attached hydrogens (primary N) is 1. The van der Waals surface area contributed by atoms with Gasteiger partial charge in [0.1, 0.15) is 0 Å². The van der Waals surface area contributed by atoms with Crippen molar-refractivity contribution in [2.75, 3.05) is 6.54 Å². The summed E-state index contributed by atoms with van der Waals surface area (Å²) in [6, 6.07) is 0. The summed E-state index contributed by atoms with van der Waals surface area (Å²) in [5.74, 6) is 0.221. The maximum atomic E-state index is 9.54. The van der Waals surface area contributed by atoms with E-state index in [9.17, 15) is 5.11 Å². The van der Waals surface area contributed by atoms with Crippen LogP contribution in [0, 0.1) is 5.92 Å². The fraction of sp³-hybridized carbons (Fsp3) is 0.778. The molecule has 0 heterocycles. The van der Waals surface area contributed by atoms with Crippen molar-refractivity contribution in [2.24, 2.45) is 11.7 Å². The highest BCUT2D eigenvalue weighted by atomic mass is 16.3. The molecule has 0 saturated carbocycles. The van der Waals surface area contributed by atoms with Crippen LogP contribution in [0.25, 0.3) is 0 Å². The van der Waals surface area contributed by atoms with Crippen LogP contribution in [0.1, 0.15) is 26.7 Å². The van der Waals surface area contributed by atoms with Gasteiger partial charge in [-0.25, -0.2) is 0 Å². The molecule has 0 saturated heterocycles. The Hall–Kier alpha value is -0.340. The van der Waals surface area contributed by atoms with Gasteiger partial charge in [0.05, 0.1) is 6.10 Å². The van der Waals surface area contributed by atoms with Gasteiger partial charge >= 0.3 is 0 Å². The topological polar surface area (TPSA) is 46.2 Å². The summed E-state index contributed by atoms with van der Waals surface area (Å²) in [5, 5.41) is 9.54. The molecule has 0 rings (SSSR count). The van der Waals surface area contributed by atoms with Crippen LogP contribution in [0.3, 0.4) is 0 Å². The lowest BCUT2D eigenvalue weighted by Gasteiger charge is -2.20. The van der Waals surface area contributed by atoms with Crippen molar-refractivity contribution in [3.63, 3.8) is 0 Å². The summed E-state index contributed by atoms with van der Waals surface area (Å²) >= 11 is 0. The molecular weight excluding hydrogens is 138 g/mol. The lowest BCUT2D eigenvalue weighted by Crippen LogP contribution is -2.23. The van der Waals surface area contributed by atoms with E-state index in [1.165, 1.54) is 0 Å². The number of hydrogen-bond donors (Lipinski definition) is 2. The highest BCUT2D eigenvalue weighted by Crippen LogP contribution is 2.18. The summed E-state index contributed by atoms with van der Waals surface area (Å²) in [6.07, 6.45) is 1.31. The molecule has 0 amide bonds. The van der Waals surface area contributed by atoms with Gasteiger partial charge in [0.15, 0.2) is 0 Å². The van der Waals surface area contributed by atoms with E-state index >= 15 is 0 Å². The number of hydrogen-bond acceptors (Lipinski definition) is 2. The van der Waals surface area contributed by atoms with Crippen molar-refractivity contribution >= 4 is 0 Å². The molecule has 2 atom stereocenters. The summed E-state index contributed by atoms with van der Waals surface area (Å²) in [6.45, 7) is 8.38. The van der Waals surface area contributed by atoms with E-state index in [-0.39, 0.29) is 12.0 Å². The van der Waals surface area contributed by atoms with Crippen molar-refractivity contribution in [3.05, 3.63) is 12.2 Å². The molecule has 0 aromatic carbocycles. The van der Waals surface area contributed by atoms with E-state index in [1.54, 1.807) is 0 Å². The first kappa shape index (κ1) is 10.7. The van der Waals surface area contributed by atoms with Gasteiger partial charge in [-0.1, -0.05) is 19.1 Å². The van der Waals surface area contributed by atoms with Crippen LogP contribution in [-0.4, -0.2) is 17.8 Å². The van der Waals surface area contributed by atoms with Crippen molar-refractivity contribution in [1.82, 2.24) is 0 Å². The number of rotatable bonds is 5. The average molecular weight is 157 g/mol. The molecule has 0 spiro atoms. The van der Waals surface area contributed by atoms with Gasteiger partial charge in [0.2, 0.25) is 0 Å². The van der Waals surface area contributed by atoms with Crippen LogP contribution in [0.4, 0.5) is 0 Å². The van der Waals surface area contributed by atoms with E-state index in [2.05, 4.69) is 13.5 Å². The smallest absolute Gasteiger partial charge is 0.0617 e. The molecule has 0 unspecified atom stereocenters. The van der Waals surface area contributed by atoms with Gasteiger partial charge < -0.3 is 10.8 Å². The van der Waals surface area contributed by atoms with Crippen LogP contribution in [-0.2, 0) is 0 Å². The molecule has 0 fully saturated rings. The number of aliphatic hydroxyl groups excluding tert-OH is 1. The second-order valence-corrected chi connectivity index (χ2v) is 3.01. The van der Waals surface area contributed by atoms with Gasteiger partial charge in [-0.2, -0.15) is 0 Å². The van der Waals surface area contributed by atoms with E-state index < -0.39 is 0 Å². The minimum absolute atomic E-state index is 0.221. The molecule has 11 heavy (non-hydrogen) atoms. The minimum atomic E-state index is -0.303. The zero-order valence-electron chi connectivity index (χ0n) is 7.51. The summed E-state index contributed by atoms with van der Waals surface area (Å²) in [5.41, 5.74) is 6.38. The zero-order chi connectivity index (χ0) is 8.85. The molecule has 0 bridgehead atoms. The van der Waals surface area contributed by atoms with Crippen LogP contribution in [0.15, 0.2) is 12.2 Å². The van der Waals surface area contributed by atoms with E-state index in [1.807, 2.05) is 6.92 Å². The average Bonchev–Trinajstić information content (AvgIpc) is 1.88. The Labute approximate surface area is 69.1 Å². The van der Waals surface area contributed by atoms with Gasteiger partial charge in [0.25, 0.3) is 0 Å².